The van der Waals surface area contributed by atoms with E-state index in [9.17, 15) is 4.79 Å². The van der Waals surface area contributed by atoms with Crippen LogP contribution in [0.3, 0.4) is 0 Å². The molecule has 1 rings (SSSR count). The molecule has 0 atom stereocenters. The van der Waals surface area contributed by atoms with E-state index < -0.39 is 0 Å². The van der Waals surface area contributed by atoms with E-state index in [1.165, 1.54) is 0 Å². The fraction of sp³-hybridized carbons (Fsp3) is 0.846. The second-order valence-corrected chi connectivity index (χ2v) is 6.10. The average Bonchev–Trinajstić information content (AvgIpc) is 2.31. The molecule has 0 aromatic heterocycles. The van der Waals surface area contributed by atoms with Crippen LogP contribution in [0, 0.1) is 5.41 Å². The van der Waals surface area contributed by atoms with Gasteiger partial charge in [-0.3, -0.25) is 4.79 Å². The molecule has 4 nitrogen and oxygen atoms in total. The highest BCUT2D eigenvalue weighted by atomic mass is 32.1. The monoisotopic (exact) mass is 271 g/mol. The highest BCUT2D eigenvalue weighted by molar-refractivity contribution is 7.80. The van der Waals surface area contributed by atoms with Crippen molar-refractivity contribution in [1.82, 2.24) is 9.80 Å². The number of likely N-dealkylation sites (tertiary alicyclic amines) is 1. The second-order valence-electron chi connectivity index (χ2n) is 5.66. The minimum atomic E-state index is 0.0330. The van der Waals surface area contributed by atoms with Crippen molar-refractivity contribution in [3.05, 3.63) is 0 Å². The van der Waals surface area contributed by atoms with Crippen molar-refractivity contribution in [2.24, 2.45) is 11.1 Å². The Labute approximate surface area is 115 Å². The minimum absolute atomic E-state index is 0.0330. The van der Waals surface area contributed by atoms with Crippen molar-refractivity contribution in [1.29, 1.82) is 0 Å². The first-order valence-corrected chi connectivity index (χ1v) is 6.98. The molecule has 2 N–H and O–H groups in total. The maximum absolute atomic E-state index is 11.5. The topological polar surface area (TPSA) is 49.6 Å². The molecule has 1 fully saturated rings. The highest BCUT2D eigenvalue weighted by Crippen LogP contribution is 2.31. The lowest BCUT2D eigenvalue weighted by Crippen LogP contribution is -2.45. The van der Waals surface area contributed by atoms with Crippen LogP contribution in [-0.4, -0.2) is 54.4 Å². The molecule has 0 aromatic rings. The van der Waals surface area contributed by atoms with Crippen molar-refractivity contribution in [2.75, 3.05) is 33.7 Å². The maximum atomic E-state index is 11.5. The summed E-state index contributed by atoms with van der Waals surface area (Å²) in [5.74, 6) is 0.208. The first-order valence-electron chi connectivity index (χ1n) is 6.57. The number of amides is 1. The summed E-state index contributed by atoms with van der Waals surface area (Å²) in [5.41, 5.74) is 5.82. The molecule has 0 unspecified atom stereocenters. The van der Waals surface area contributed by atoms with E-state index >= 15 is 0 Å². The Balaban J connectivity index is 2.24. The second kappa shape index (κ2) is 6.48. The van der Waals surface area contributed by atoms with Gasteiger partial charge in [0.25, 0.3) is 0 Å². The fourth-order valence-electron chi connectivity index (χ4n) is 2.19. The summed E-state index contributed by atoms with van der Waals surface area (Å²) in [6.07, 6.45) is 3.63. The van der Waals surface area contributed by atoms with E-state index in [0.717, 1.165) is 38.9 Å². The van der Waals surface area contributed by atoms with Crippen molar-refractivity contribution < 1.29 is 4.79 Å². The molecule has 0 radical (unpaired) electrons. The van der Waals surface area contributed by atoms with Crippen molar-refractivity contribution >= 4 is 23.1 Å². The third-order valence-electron chi connectivity index (χ3n) is 3.92. The average molecular weight is 271 g/mol. The number of rotatable bonds is 5. The molecule has 1 aliphatic rings. The molecule has 104 valence electrons. The van der Waals surface area contributed by atoms with Crippen LogP contribution in [0.4, 0.5) is 0 Å². The van der Waals surface area contributed by atoms with Crippen LogP contribution in [0.5, 0.6) is 0 Å². The van der Waals surface area contributed by atoms with Gasteiger partial charge in [0, 0.05) is 25.9 Å². The molecule has 1 amide bonds. The number of nitrogens with zero attached hydrogens (tertiary/aromatic N) is 2. The van der Waals surface area contributed by atoms with E-state index in [4.69, 9.17) is 18.0 Å². The van der Waals surface area contributed by atoms with Gasteiger partial charge in [-0.1, -0.05) is 19.1 Å². The van der Waals surface area contributed by atoms with Crippen LogP contribution < -0.4 is 5.73 Å². The lowest BCUT2D eigenvalue weighted by molar-refractivity contribution is -0.128. The number of carbonyl (C=O) groups is 1. The number of hydrogen-bond donors (Lipinski definition) is 1. The molecule has 1 aliphatic heterocycles. The number of thiocarbonyl (C=S) groups is 1. The molecule has 0 saturated carbocycles. The summed E-state index contributed by atoms with van der Waals surface area (Å²) in [7, 11) is 3.60. The molecule has 0 aromatic carbocycles. The van der Waals surface area contributed by atoms with Gasteiger partial charge >= 0.3 is 0 Å². The summed E-state index contributed by atoms with van der Waals surface area (Å²) in [4.78, 5) is 16.2. The zero-order valence-corrected chi connectivity index (χ0v) is 12.6. The first-order chi connectivity index (χ1) is 8.35. The molecule has 0 aliphatic carbocycles. The Bertz CT molecular complexity index is 309. The minimum Gasteiger partial charge on any atom is -0.393 e. The SMILES string of the molecule is CN(C)C(=O)CCCN1CCC(C)(C(N)=S)CC1. The molecule has 0 bridgehead atoms. The predicted octanol–water partition coefficient (Wildman–Crippen LogP) is 1.24. The molecule has 1 heterocycles. The smallest absolute Gasteiger partial charge is 0.222 e. The number of hydrogen-bond acceptors (Lipinski definition) is 3. The van der Waals surface area contributed by atoms with Gasteiger partial charge in [-0.05, 0) is 38.9 Å². The van der Waals surface area contributed by atoms with E-state index in [0.29, 0.717) is 11.4 Å². The predicted molar refractivity (Wildman–Crippen MR) is 78.5 cm³/mol. The van der Waals surface area contributed by atoms with E-state index in [1.54, 1.807) is 19.0 Å². The Kier molecular flexibility index (Phi) is 5.53. The molecular weight excluding hydrogens is 246 g/mol. The van der Waals surface area contributed by atoms with Crippen LogP contribution in [0.2, 0.25) is 0 Å². The first kappa shape index (κ1) is 15.4. The molecule has 5 heteroatoms. The Morgan fingerprint density at radius 1 is 1.39 bits per heavy atom. The number of piperidine rings is 1. The summed E-state index contributed by atoms with van der Waals surface area (Å²) in [6.45, 7) is 5.21. The molecule has 1 saturated heterocycles. The third kappa shape index (κ3) is 4.21. The number of carbonyl (C=O) groups excluding carboxylic acids is 1. The lowest BCUT2D eigenvalue weighted by atomic mass is 9.80. The van der Waals surface area contributed by atoms with Crippen molar-refractivity contribution in [3.63, 3.8) is 0 Å². The molecular formula is C13H25N3OS. The van der Waals surface area contributed by atoms with Gasteiger partial charge in [-0.2, -0.15) is 0 Å². The summed E-state index contributed by atoms with van der Waals surface area (Å²) in [6, 6.07) is 0. The largest absolute Gasteiger partial charge is 0.393 e. The maximum Gasteiger partial charge on any atom is 0.222 e. The normalized spacial score (nSPS) is 19.5. The molecule has 0 spiro atoms. The summed E-state index contributed by atoms with van der Waals surface area (Å²) in [5, 5.41) is 0. The van der Waals surface area contributed by atoms with Crippen LogP contribution in [0.25, 0.3) is 0 Å². The van der Waals surface area contributed by atoms with E-state index in [2.05, 4.69) is 11.8 Å². The van der Waals surface area contributed by atoms with Crippen molar-refractivity contribution in [3.8, 4) is 0 Å². The standard InChI is InChI=1S/C13H25N3OS/c1-13(12(14)18)6-9-16(10-7-13)8-4-5-11(17)15(2)3/h4-10H2,1-3H3,(H2,14,18). The van der Waals surface area contributed by atoms with Gasteiger partial charge in [-0.25, -0.2) is 0 Å². The van der Waals surface area contributed by atoms with Gasteiger partial charge in [0.2, 0.25) is 5.91 Å². The summed E-state index contributed by atoms with van der Waals surface area (Å²) >= 11 is 5.13. The van der Waals surface area contributed by atoms with Crippen LogP contribution in [0.1, 0.15) is 32.6 Å². The summed E-state index contributed by atoms with van der Waals surface area (Å²) < 4.78 is 0. The van der Waals surface area contributed by atoms with Gasteiger partial charge in [0.15, 0.2) is 0 Å². The van der Waals surface area contributed by atoms with Crippen molar-refractivity contribution in [2.45, 2.75) is 32.6 Å². The van der Waals surface area contributed by atoms with E-state index in [-0.39, 0.29) is 11.3 Å². The Morgan fingerprint density at radius 3 is 2.39 bits per heavy atom. The van der Waals surface area contributed by atoms with E-state index in [1.807, 2.05) is 0 Å². The zero-order chi connectivity index (χ0) is 13.8. The van der Waals surface area contributed by atoms with Gasteiger partial charge in [-0.15, -0.1) is 0 Å². The fourth-order valence-corrected chi connectivity index (χ4v) is 2.40. The number of nitrogens with two attached hydrogens (primary N) is 1. The molecule has 18 heavy (non-hydrogen) atoms. The van der Waals surface area contributed by atoms with Gasteiger partial charge in [0.05, 0.1) is 4.99 Å². The van der Waals surface area contributed by atoms with Gasteiger partial charge in [0.1, 0.15) is 0 Å². The zero-order valence-electron chi connectivity index (χ0n) is 11.7. The Morgan fingerprint density at radius 2 is 1.94 bits per heavy atom. The quantitative estimate of drug-likeness (QED) is 0.765. The van der Waals surface area contributed by atoms with Crippen LogP contribution in [0.15, 0.2) is 0 Å². The third-order valence-corrected chi connectivity index (χ3v) is 4.41. The van der Waals surface area contributed by atoms with Gasteiger partial charge < -0.3 is 15.5 Å². The Hall–Kier alpha value is -0.680. The van der Waals surface area contributed by atoms with Crippen LogP contribution in [-0.2, 0) is 4.79 Å². The highest BCUT2D eigenvalue weighted by Gasteiger charge is 2.32. The lowest BCUT2D eigenvalue weighted by Gasteiger charge is -2.38. The van der Waals surface area contributed by atoms with Crippen LogP contribution >= 0.6 is 12.2 Å².